The van der Waals surface area contributed by atoms with Crippen LogP contribution in [-0.4, -0.2) is 32.4 Å². The molecule has 0 aliphatic carbocycles. The number of fused-ring (bicyclic) bond motifs is 1. The van der Waals surface area contributed by atoms with E-state index in [0.29, 0.717) is 29.2 Å². The van der Waals surface area contributed by atoms with Crippen molar-refractivity contribution in [2.75, 3.05) is 21.3 Å². The van der Waals surface area contributed by atoms with Crippen molar-refractivity contribution in [2.45, 2.75) is 6.42 Å². The van der Waals surface area contributed by atoms with Crippen molar-refractivity contribution in [3.8, 4) is 17.2 Å². The largest absolute Gasteiger partial charge is 0.497 e. The number of rotatable bonds is 6. The fraction of sp³-hybridized carbons (Fsp3) is 0.190. The molecule has 3 rings (SSSR count). The van der Waals surface area contributed by atoms with Crippen LogP contribution in [0.4, 0.5) is 0 Å². The standard InChI is InChI=1S/C21H20O5/c1-24-16-9-13(10-17(12-16)25-2)8-15-11-14-6-4-5-7-18(14)20(26-3)19(15)21(22)23/h4-7,9-12H,8H2,1-3H3,(H,22,23). The molecule has 0 atom stereocenters. The van der Waals surface area contributed by atoms with Gasteiger partial charge in [0.15, 0.2) is 0 Å². The third-order valence-corrected chi connectivity index (χ3v) is 4.31. The highest BCUT2D eigenvalue weighted by Crippen LogP contribution is 2.34. The van der Waals surface area contributed by atoms with Crippen LogP contribution in [0.25, 0.3) is 10.8 Å². The molecule has 0 bridgehead atoms. The topological polar surface area (TPSA) is 65.0 Å². The number of hydrogen-bond donors (Lipinski definition) is 1. The Labute approximate surface area is 151 Å². The lowest BCUT2D eigenvalue weighted by atomic mass is 9.94. The third kappa shape index (κ3) is 3.28. The number of methoxy groups -OCH3 is 3. The maximum Gasteiger partial charge on any atom is 0.339 e. The summed E-state index contributed by atoms with van der Waals surface area (Å²) in [6.07, 6.45) is 0.413. The summed E-state index contributed by atoms with van der Waals surface area (Å²) in [4.78, 5) is 12.0. The van der Waals surface area contributed by atoms with Crippen molar-refractivity contribution in [1.29, 1.82) is 0 Å². The number of carbonyl (C=O) groups is 1. The first-order chi connectivity index (χ1) is 12.6. The number of ether oxygens (including phenoxy) is 3. The van der Waals surface area contributed by atoms with E-state index < -0.39 is 5.97 Å². The van der Waals surface area contributed by atoms with Crippen LogP contribution in [0, 0.1) is 0 Å². The van der Waals surface area contributed by atoms with Crippen LogP contribution in [0.1, 0.15) is 21.5 Å². The summed E-state index contributed by atoms with van der Waals surface area (Å²) in [6, 6.07) is 15.0. The zero-order valence-corrected chi connectivity index (χ0v) is 14.9. The second-order valence-corrected chi connectivity index (χ2v) is 5.87. The minimum absolute atomic E-state index is 0.174. The molecule has 0 saturated carbocycles. The van der Waals surface area contributed by atoms with Gasteiger partial charge in [-0.3, -0.25) is 0 Å². The van der Waals surface area contributed by atoms with Gasteiger partial charge in [-0.15, -0.1) is 0 Å². The molecule has 0 saturated heterocycles. The lowest BCUT2D eigenvalue weighted by molar-refractivity contribution is 0.0692. The zero-order valence-electron chi connectivity index (χ0n) is 14.9. The predicted octanol–water partition coefficient (Wildman–Crippen LogP) is 4.15. The highest BCUT2D eigenvalue weighted by atomic mass is 16.5. The Kier molecular flexibility index (Phi) is 4.98. The molecule has 0 heterocycles. The monoisotopic (exact) mass is 352 g/mol. The smallest absolute Gasteiger partial charge is 0.339 e. The van der Waals surface area contributed by atoms with Gasteiger partial charge in [0.05, 0.1) is 21.3 Å². The van der Waals surface area contributed by atoms with Crippen molar-refractivity contribution >= 4 is 16.7 Å². The first-order valence-corrected chi connectivity index (χ1v) is 8.11. The van der Waals surface area contributed by atoms with Gasteiger partial charge in [0.1, 0.15) is 22.8 Å². The van der Waals surface area contributed by atoms with Crippen LogP contribution in [0.15, 0.2) is 48.5 Å². The molecule has 3 aromatic rings. The van der Waals surface area contributed by atoms with Gasteiger partial charge in [0.2, 0.25) is 0 Å². The third-order valence-electron chi connectivity index (χ3n) is 4.31. The van der Waals surface area contributed by atoms with E-state index in [9.17, 15) is 9.90 Å². The fourth-order valence-corrected chi connectivity index (χ4v) is 3.14. The molecule has 0 aromatic heterocycles. The molecular weight excluding hydrogens is 332 g/mol. The number of carboxylic acid groups (broad SMARTS) is 1. The highest BCUT2D eigenvalue weighted by Gasteiger charge is 2.20. The number of benzene rings is 3. The zero-order chi connectivity index (χ0) is 18.7. The maximum absolute atomic E-state index is 12.0. The normalized spacial score (nSPS) is 10.6. The summed E-state index contributed by atoms with van der Waals surface area (Å²) in [5, 5.41) is 11.5. The van der Waals surface area contributed by atoms with Crippen molar-refractivity contribution in [3.05, 3.63) is 65.2 Å². The lowest BCUT2D eigenvalue weighted by Gasteiger charge is -2.15. The Bertz CT molecular complexity index is 940. The second kappa shape index (κ2) is 7.35. The van der Waals surface area contributed by atoms with Crippen molar-refractivity contribution < 1.29 is 24.1 Å². The Morgan fingerprint density at radius 3 is 2.15 bits per heavy atom. The van der Waals surface area contributed by atoms with Gasteiger partial charge in [-0.25, -0.2) is 4.79 Å². The summed E-state index contributed by atoms with van der Waals surface area (Å²) in [7, 11) is 4.66. The molecule has 3 aromatic carbocycles. The second-order valence-electron chi connectivity index (χ2n) is 5.87. The SMILES string of the molecule is COc1cc(Cc2cc3ccccc3c(OC)c2C(=O)O)cc(OC)c1. The molecule has 0 unspecified atom stereocenters. The summed E-state index contributed by atoms with van der Waals surface area (Å²) in [5.41, 5.74) is 1.73. The Morgan fingerprint density at radius 1 is 0.923 bits per heavy atom. The summed E-state index contributed by atoms with van der Waals surface area (Å²) in [6.45, 7) is 0. The van der Waals surface area contributed by atoms with Crippen LogP contribution in [0.2, 0.25) is 0 Å². The van der Waals surface area contributed by atoms with E-state index in [1.807, 2.05) is 42.5 Å². The average Bonchev–Trinajstić information content (AvgIpc) is 2.66. The van der Waals surface area contributed by atoms with Crippen molar-refractivity contribution in [2.24, 2.45) is 0 Å². The van der Waals surface area contributed by atoms with E-state index in [1.165, 1.54) is 7.11 Å². The van der Waals surface area contributed by atoms with Crippen LogP contribution in [-0.2, 0) is 6.42 Å². The van der Waals surface area contributed by atoms with Crippen LogP contribution in [0.5, 0.6) is 17.2 Å². The van der Waals surface area contributed by atoms with Crippen molar-refractivity contribution in [3.63, 3.8) is 0 Å². The average molecular weight is 352 g/mol. The van der Waals surface area contributed by atoms with E-state index in [2.05, 4.69) is 0 Å². The Hall–Kier alpha value is -3.21. The number of hydrogen-bond acceptors (Lipinski definition) is 4. The number of carboxylic acids is 1. The molecule has 1 N–H and O–H groups in total. The molecule has 0 radical (unpaired) electrons. The van der Waals surface area contributed by atoms with E-state index >= 15 is 0 Å². The van der Waals surface area contributed by atoms with Gasteiger partial charge in [-0.1, -0.05) is 24.3 Å². The summed E-state index contributed by atoms with van der Waals surface area (Å²) >= 11 is 0. The molecule has 5 heteroatoms. The van der Waals surface area contributed by atoms with Gasteiger partial charge in [-0.2, -0.15) is 0 Å². The summed E-state index contributed by atoms with van der Waals surface area (Å²) in [5.74, 6) is 0.672. The molecular formula is C21H20O5. The maximum atomic E-state index is 12.0. The van der Waals surface area contributed by atoms with E-state index in [0.717, 1.165) is 16.3 Å². The molecule has 0 aliphatic rings. The quantitative estimate of drug-likeness (QED) is 0.722. The van der Waals surface area contributed by atoms with Crippen LogP contribution >= 0.6 is 0 Å². The van der Waals surface area contributed by atoms with E-state index in [4.69, 9.17) is 14.2 Å². The van der Waals surface area contributed by atoms with E-state index in [-0.39, 0.29) is 5.56 Å². The number of aromatic carboxylic acids is 1. The lowest BCUT2D eigenvalue weighted by Crippen LogP contribution is -2.07. The van der Waals surface area contributed by atoms with Gasteiger partial charge in [-0.05, 0) is 41.1 Å². The summed E-state index contributed by atoms with van der Waals surface area (Å²) < 4.78 is 16.1. The van der Waals surface area contributed by atoms with Gasteiger partial charge in [0, 0.05) is 11.5 Å². The molecule has 0 fully saturated rings. The van der Waals surface area contributed by atoms with Gasteiger partial charge < -0.3 is 19.3 Å². The highest BCUT2D eigenvalue weighted by molar-refractivity contribution is 6.02. The molecule has 5 nitrogen and oxygen atoms in total. The Balaban J connectivity index is 2.18. The fourth-order valence-electron chi connectivity index (χ4n) is 3.14. The molecule has 0 spiro atoms. The molecule has 0 amide bonds. The minimum Gasteiger partial charge on any atom is -0.497 e. The van der Waals surface area contributed by atoms with Gasteiger partial charge >= 0.3 is 5.97 Å². The first-order valence-electron chi connectivity index (χ1n) is 8.11. The predicted molar refractivity (Wildman–Crippen MR) is 99.8 cm³/mol. The minimum atomic E-state index is -1.02. The molecule has 26 heavy (non-hydrogen) atoms. The van der Waals surface area contributed by atoms with E-state index in [1.54, 1.807) is 20.3 Å². The Morgan fingerprint density at radius 2 is 1.58 bits per heavy atom. The van der Waals surface area contributed by atoms with Crippen LogP contribution < -0.4 is 14.2 Å². The van der Waals surface area contributed by atoms with Crippen molar-refractivity contribution in [1.82, 2.24) is 0 Å². The molecule has 134 valence electrons. The van der Waals surface area contributed by atoms with Gasteiger partial charge in [0.25, 0.3) is 0 Å². The van der Waals surface area contributed by atoms with Crippen LogP contribution in [0.3, 0.4) is 0 Å². The first kappa shape index (κ1) is 17.6. The molecule has 0 aliphatic heterocycles.